The van der Waals surface area contributed by atoms with E-state index in [0.717, 1.165) is 29.9 Å². The van der Waals surface area contributed by atoms with Crippen LogP contribution in [0.15, 0.2) is 36.8 Å². The third kappa shape index (κ3) is 2.10. The van der Waals surface area contributed by atoms with Crippen LogP contribution in [0.5, 0.6) is 0 Å². The largest absolute Gasteiger partial charge is 0.356 e. The van der Waals surface area contributed by atoms with Gasteiger partial charge in [0, 0.05) is 42.6 Å². The monoisotopic (exact) mass is 297 g/mol. The van der Waals surface area contributed by atoms with E-state index in [2.05, 4.69) is 19.9 Å². The van der Waals surface area contributed by atoms with Crippen LogP contribution in [0.4, 0.5) is 5.82 Å². The molecule has 0 aliphatic carbocycles. The molecule has 21 heavy (non-hydrogen) atoms. The third-order valence-electron chi connectivity index (χ3n) is 3.64. The Bertz CT molecular complexity index is 802. The number of fused-ring (bicyclic) bond motifs is 1. The van der Waals surface area contributed by atoms with Crippen LogP contribution in [-0.4, -0.2) is 33.0 Å². The summed E-state index contributed by atoms with van der Waals surface area (Å²) in [6.45, 7) is 2.03. The second kappa shape index (κ2) is 4.93. The van der Waals surface area contributed by atoms with Crippen molar-refractivity contribution >= 4 is 28.3 Å². The Morgan fingerprint density at radius 2 is 1.81 bits per heavy atom. The molecule has 1 fully saturated rings. The highest BCUT2D eigenvalue weighted by molar-refractivity contribution is 6.34. The highest BCUT2D eigenvalue weighted by Crippen LogP contribution is 2.32. The predicted molar refractivity (Wildman–Crippen MR) is 82.4 cm³/mol. The molecule has 0 aromatic carbocycles. The first-order chi connectivity index (χ1) is 10.3. The fourth-order valence-electron chi connectivity index (χ4n) is 2.41. The van der Waals surface area contributed by atoms with E-state index in [-0.39, 0.29) is 0 Å². The molecule has 0 bridgehead atoms. The van der Waals surface area contributed by atoms with Crippen LogP contribution in [0.25, 0.3) is 22.3 Å². The van der Waals surface area contributed by atoms with Gasteiger partial charge in [0.15, 0.2) is 11.0 Å². The maximum atomic E-state index is 6.22. The van der Waals surface area contributed by atoms with Gasteiger partial charge in [-0.2, -0.15) is 0 Å². The Labute approximate surface area is 126 Å². The maximum absolute atomic E-state index is 6.22. The first kappa shape index (κ1) is 12.5. The molecule has 1 aliphatic rings. The smallest absolute Gasteiger partial charge is 0.162 e. The Hall–Kier alpha value is -2.27. The molecule has 0 radical (unpaired) electrons. The molecule has 3 aromatic rings. The van der Waals surface area contributed by atoms with Crippen molar-refractivity contribution in [3.63, 3.8) is 0 Å². The third-order valence-corrected chi connectivity index (χ3v) is 3.92. The Balaban J connectivity index is 1.98. The molecule has 0 atom stereocenters. The molecule has 0 spiro atoms. The van der Waals surface area contributed by atoms with Crippen LogP contribution in [0.2, 0.25) is 5.15 Å². The zero-order chi connectivity index (χ0) is 14.2. The lowest BCUT2D eigenvalue weighted by atomic mass is 10.1. The van der Waals surface area contributed by atoms with Crippen molar-refractivity contribution in [1.29, 1.82) is 0 Å². The van der Waals surface area contributed by atoms with E-state index in [1.54, 1.807) is 18.6 Å². The van der Waals surface area contributed by atoms with Gasteiger partial charge in [-0.25, -0.2) is 15.0 Å². The van der Waals surface area contributed by atoms with Crippen molar-refractivity contribution in [2.24, 2.45) is 0 Å². The number of aromatic nitrogens is 4. The first-order valence-electron chi connectivity index (χ1n) is 6.80. The Kier molecular flexibility index (Phi) is 2.93. The van der Waals surface area contributed by atoms with E-state index >= 15 is 0 Å². The summed E-state index contributed by atoms with van der Waals surface area (Å²) in [5.41, 5.74) is 1.62. The topological polar surface area (TPSA) is 54.8 Å². The van der Waals surface area contributed by atoms with Gasteiger partial charge in [-0.05, 0) is 24.6 Å². The van der Waals surface area contributed by atoms with Crippen molar-refractivity contribution < 1.29 is 0 Å². The van der Waals surface area contributed by atoms with Crippen molar-refractivity contribution in [2.45, 2.75) is 6.42 Å². The van der Waals surface area contributed by atoms with Crippen molar-refractivity contribution in [3.05, 3.63) is 41.9 Å². The lowest BCUT2D eigenvalue weighted by Gasteiger charge is -2.33. The van der Waals surface area contributed by atoms with Gasteiger partial charge >= 0.3 is 0 Å². The molecular formula is C15H12ClN5. The molecule has 0 N–H and O–H groups in total. The van der Waals surface area contributed by atoms with Crippen LogP contribution in [0, 0.1) is 0 Å². The van der Waals surface area contributed by atoms with Crippen LogP contribution < -0.4 is 4.90 Å². The molecule has 4 heterocycles. The van der Waals surface area contributed by atoms with Gasteiger partial charge < -0.3 is 4.90 Å². The van der Waals surface area contributed by atoms with Gasteiger partial charge in [0.25, 0.3) is 0 Å². The Morgan fingerprint density at radius 3 is 2.52 bits per heavy atom. The summed E-state index contributed by atoms with van der Waals surface area (Å²) < 4.78 is 0. The SMILES string of the molecule is Clc1nccc2c(N3CCC3)nc(-c3ccncc3)nc12. The van der Waals surface area contributed by atoms with E-state index in [9.17, 15) is 0 Å². The average Bonchev–Trinajstić information content (AvgIpc) is 2.47. The van der Waals surface area contributed by atoms with Gasteiger partial charge in [-0.15, -0.1) is 0 Å². The molecule has 1 saturated heterocycles. The lowest BCUT2D eigenvalue weighted by molar-refractivity contribution is 0.612. The van der Waals surface area contributed by atoms with E-state index in [1.807, 2.05) is 18.2 Å². The summed E-state index contributed by atoms with van der Waals surface area (Å²) in [5.74, 6) is 1.59. The zero-order valence-electron chi connectivity index (χ0n) is 11.2. The summed E-state index contributed by atoms with van der Waals surface area (Å²) in [7, 11) is 0. The molecule has 0 saturated carbocycles. The maximum Gasteiger partial charge on any atom is 0.162 e. The molecule has 0 unspecified atom stereocenters. The van der Waals surface area contributed by atoms with Crippen LogP contribution in [0.1, 0.15) is 6.42 Å². The average molecular weight is 298 g/mol. The summed E-state index contributed by atoms with van der Waals surface area (Å²) in [6, 6.07) is 5.71. The number of hydrogen-bond donors (Lipinski definition) is 0. The summed E-state index contributed by atoms with van der Waals surface area (Å²) in [6.07, 6.45) is 6.35. The van der Waals surface area contributed by atoms with E-state index in [4.69, 9.17) is 16.6 Å². The number of nitrogens with zero attached hydrogens (tertiary/aromatic N) is 5. The lowest BCUT2D eigenvalue weighted by Crippen LogP contribution is -2.37. The minimum Gasteiger partial charge on any atom is -0.356 e. The first-order valence-corrected chi connectivity index (χ1v) is 7.18. The molecule has 3 aromatic heterocycles. The van der Waals surface area contributed by atoms with Gasteiger partial charge in [0.1, 0.15) is 11.3 Å². The second-order valence-corrected chi connectivity index (χ2v) is 5.30. The summed E-state index contributed by atoms with van der Waals surface area (Å²) in [5, 5.41) is 1.36. The quantitative estimate of drug-likeness (QED) is 0.681. The second-order valence-electron chi connectivity index (χ2n) is 4.95. The Morgan fingerprint density at radius 1 is 1.00 bits per heavy atom. The molecule has 5 nitrogen and oxygen atoms in total. The molecule has 6 heteroatoms. The number of hydrogen-bond acceptors (Lipinski definition) is 5. The van der Waals surface area contributed by atoms with Crippen LogP contribution in [0.3, 0.4) is 0 Å². The van der Waals surface area contributed by atoms with Gasteiger partial charge in [0.2, 0.25) is 0 Å². The number of halogens is 1. The van der Waals surface area contributed by atoms with Crippen molar-refractivity contribution in [1.82, 2.24) is 19.9 Å². The number of rotatable bonds is 2. The van der Waals surface area contributed by atoms with Crippen molar-refractivity contribution in [2.75, 3.05) is 18.0 Å². The summed E-state index contributed by atoms with van der Waals surface area (Å²) >= 11 is 6.22. The molecule has 104 valence electrons. The minimum absolute atomic E-state index is 0.409. The van der Waals surface area contributed by atoms with E-state index in [0.29, 0.717) is 16.5 Å². The predicted octanol–water partition coefficient (Wildman–Crippen LogP) is 2.95. The molecule has 4 rings (SSSR count). The normalized spacial score (nSPS) is 14.2. The fraction of sp³-hybridized carbons (Fsp3) is 0.200. The van der Waals surface area contributed by atoms with Gasteiger partial charge in [-0.3, -0.25) is 4.98 Å². The summed E-state index contributed by atoms with van der Waals surface area (Å²) in [4.78, 5) is 19.7. The van der Waals surface area contributed by atoms with Crippen molar-refractivity contribution in [3.8, 4) is 11.4 Å². The zero-order valence-corrected chi connectivity index (χ0v) is 12.0. The van der Waals surface area contributed by atoms with Gasteiger partial charge in [0.05, 0.1) is 0 Å². The molecular weight excluding hydrogens is 286 g/mol. The standard InChI is InChI=1S/C15H12ClN5/c16-13-12-11(4-7-18-13)15(21-8-1-9-21)20-14(19-12)10-2-5-17-6-3-10/h2-7H,1,8-9H2. The molecule has 0 amide bonds. The fourth-order valence-corrected chi connectivity index (χ4v) is 2.61. The highest BCUT2D eigenvalue weighted by atomic mass is 35.5. The van der Waals surface area contributed by atoms with E-state index < -0.39 is 0 Å². The number of anilines is 1. The minimum atomic E-state index is 0.409. The van der Waals surface area contributed by atoms with E-state index in [1.165, 1.54) is 6.42 Å². The van der Waals surface area contributed by atoms with Crippen LogP contribution in [-0.2, 0) is 0 Å². The molecule has 1 aliphatic heterocycles. The number of pyridine rings is 2. The van der Waals surface area contributed by atoms with Gasteiger partial charge in [-0.1, -0.05) is 11.6 Å². The van der Waals surface area contributed by atoms with Crippen LogP contribution >= 0.6 is 11.6 Å². The highest BCUT2D eigenvalue weighted by Gasteiger charge is 2.21.